The first-order valence-corrected chi connectivity index (χ1v) is 11.2. The lowest BCUT2D eigenvalue weighted by atomic mass is 10.1. The summed E-state index contributed by atoms with van der Waals surface area (Å²) in [7, 11) is 1.82. The van der Waals surface area contributed by atoms with Crippen LogP contribution < -0.4 is 10.6 Å². The van der Waals surface area contributed by atoms with Crippen molar-refractivity contribution in [2.75, 3.05) is 11.1 Å². The zero-order valence-electron chi connectivity index (χ0n) is 17.6. The Morgan fingerprint density at radius 1 is 0.906 bits per heavy atom. The lowest BCUT2D eigenvalue weighted by Crippen LogP contribution is -2.26. The first-order valence-electron chi connectivity index (χ1n) is 10.2. The van der Waals surface area contributed by atoms with E-state index < -0.39 is 0 Å². The van der Waals surface area contributed by atoms with Crippen LogP contribution in [-0.2, 0) is 29.6 Å². The molecule has 4 aromatic rings. The zero-order chi connectivity index (χ0) is 22.3. The molecule has 2 N–H and O–H groups in total. The van der Waals surface area contributed by atoms with Crippen molar-refractivity contribution < 1.29 is 9.59 Å². The van der Waals surface area contributed by atoms with Gasteiger partial charge in [0.05, 0.1) is 18.7 Å². The molecule has 0 atom stereocenters. The minimum absolute atomic E-state index is 0.0807. The van der Waals surface area contributed by atoms with Crippen molar-refractivity contribution in [1.82, 2.24) is 20.1 Å². The number of rotatable bonds is 8. The molecule has 1 aromatic heterocycles. The minimum atomic E-state index is -0.118. The molecule has 0 aliphatic heterocycles. The Hall–Kier alpha value is -3.65. The summed E-state index contributed by atoms with van der Waals surface area (Å²) in [6, 6.07) is 23.3. The number of thioether (sulfide) groups is 1. The number of carbonyl (C=O) groups excluding carboxylic acids is 2. The van der Waals surface area contributed by atoms with Crippen LogP contribution in [0.2, 0.25) is 0 Å². The van der Waals surface area contributed by atoms with Crippen molar-refractivity contribution in [3.05, 3.63) is 84.2 Å². The standard InChI is InChI=1S/C24H23N5O2S/c1-29-21(15-25-22(30)14-17-8-3-2-4-9-17)27-28-24(29)32-16-23(31)26-20-13-7-11-18-10-5-6-12-19(18)20/h2-13H,14-16H2,1H3,(H,25,30)(H,26,31). The quantitative estimate of drug-likeness (QED) is 0.405. The van der Waals surface area contributed by atoms with E-state index in [0.717, 1.165) is 22.0 Å². The Kier molecular flexibility index (Phi) is 6.81. The van der Waals surface area contributed by atoms with E-state index in [9.17, 15) is 9.59 Å². The van der Waals surface area contributed by atoms with Gasteiger partial charge in [0.25, 0.3) is 0 Å². The van der Waals surface area contributed by atoms with E-state index in [-0.39, 0.29) is 24.1 Å². The second kappa shape index (κ2) is 10.1. The van der Waals surface area contributed by atoms with Crippen LogP contribution >= 0.6 is 11.8 Å². The predicted molar refractivity (Wildman–Crippen MR) is 126 cm³/mol. The van der Waals surface area contributed by atoms with Gasteiger partial charge in [-0.3, -0.25) is 9.59 Å². The van der Waals surface area contributed by atoms with Crippen LogP contribution in [0.15, 0.2) is 78.0 Å². The summed E-state index contributed by atoms with van der Waals surface area (Å²) in [4.78, 5) is 24.6. The predicted octanol–water partition coefficient (Wildman–Crippen LogP) is 3.56. The van der Waals surface area contributed by atoms with Gasteiger partial charge in [0.2, 0.25) is 11.8 Å². The highest BCUT2D eigenvalue weighted by atomic mass is 32.2. The summed E-state index contributed by atoms with van der Waals surface area (Å²) in [5, 5.41) is 16.8. The third-order valence-corrected chi connectivity index (χ3v) is 5.99. The van der Waals surface area contributed by atoms with Gasteiger partial charge in [-0.05, 0) is 17.0 Å². The molecule has 0 saturated heterocycles. The molecule has 0 saturated carbocycles. The highest BCUT2D eigenvalue weighted by molar-refractivity contribution is 7.99. The fourth-order valence-electron chi connectivity index (χ4n) is 3.30. The van der Waals surface area contributed by atoms with Crippen molar-refractivity contribution in [2.24, 2.45) is 7.05 Å². The molecule has 1 heterocycles. The fourth-order valence-corrected chi connectivity index (χ4v) is 4.03. The average Bonchev–Trinajstić information content (AvgIpc) is 3.16. The second-order valence-corrected chi connectivity index (χ2v) is 8.20. The van der Waals surface area contributed by atoms with Gasteiger partial charge in [0, 0.05) is 18.1 Å². The topological polar surface area (TPSA) is 88.9 Å². The SMILES string of the molecule is Cn1c(CNC(=O)Cc2ccccc2)nnc1SCC(=O)Nc1cccc2ccccc12. The number of anilines is 1. The van der Waals surface area contributed by atoms with Gasteiger partial charge in [-0.25, -0.2) is 0 Å². The summed E-state index contributed by atoms with van der Waals surface area (Å²) in [6.07, 6.45) is 0.314. The molecule has 3 aromatic carbocycles. The van der Waals surface area contributed by atoms with Crippen LogP contribution in [0.3, 0.4) is 0 Å². The van der Waals surface area contributed by atoms with Crippen LogP contribution in [0, 0.1) is 0 Å². The molecule has 32 heavy (non-hydrogen) atoms. The number of fused-ring (bicyclic) bond motifs is 1. The maximum absolute atomic E-state index is 12.5. The molecule has 0 aliphatic rings. The monoisotopic (exact) mass is 445 g/mol. The Morgan fingerprint density at radius 3 is 2.50 bits per heavy atom. The summed E-state index contributed by atoms with van der Waals surface area (Å²) in [6.45, 7) is 0.276. The van der Waals surface area contributed by atoms with E-state index in [1.165, 1.54) is 11.8 Å². The van der Waals surface area contributed by atoms with Gasteiger partial charge in [-0.1, -0.05) is 78.5 Å². The average molecular weight is 446 g/mol. The van der Waals surface area contributed by atoms with Crippen molar-refractivity contribution in [1.29, 1.82) is 0 Å². The van der Waals surface area contributed by atoms with Crippen molar-refractivity contribution in [3.63, 3.8) is 0 Å². The van der Waals surface area contributed by atoms with E-state index in [1.807, 2.05) is 79.8 Å². The number of benzene rings is 3. The Bertz CT molecular complexity index is 1230. The minimum Gasteiger partial charge on any atom is -0.349 e. The van der Waals surface area contributed by atoms with Crippen LogP contribution in [-0.4, -0.2) is 32.3 Å². The number of hydrogen-bond donors (Lipinski definition) is 2. The normalized spacial score (nSPS) is 10.8. The lowest BCUT2D eigenvalue weighted by Gasteiger charge is -2.09. The number of hydrogen-bond acceptors (Lipinski definition) is 5. The van der Waals surface area contributed by atoms with Crippen molar-refractivity contribution in [3.8, 4) is 0 Å². The van der Waals surface area contributed by atoms with Gasteiger partial charge in [0.1, 0.15) is 0 Å². The lowest BCUT2D eigenvalue weighted by molar-refractivity contribution is -0.120. The molecule has 4 rings (SSSR count). The highest BCUT2D eigenvalue weighted by Gasteiger charge is 2.13. The van der Waals surface area contributed by atoms with E-state index in [1.54, 1.807) is 4.57 Å². The van der Waals surface area contributed by atoms with Crippen LogP contribution in [0.5, 0.6) is 0 Å². The Labute approximate surface area is 190 Å². The molecular weight excluding hydrogens is 422 g/mol. The number of nitrogens with zero attached hydrogens (tertiary/aromatic N) is 3. The zero-order valence-corrected chi connectivity index (χ0v) is 18.4. The largest absolute Gasteiger partial charge is 0.349 e. The van der Waals surface area contributed by atoms with Crippen molar-refractivity contribution >= 4 is 40.0 Å². The first kappa shape index (κ1) is 21.6. The van der Waals surface area contributed by atoms with E-state index in [0.29, 0.717) is 17.4 Å². The molecule has 0 bridgehead atoms. The number of aromatic nitrogens is 3. The molecule has 7 nitrogen and oxygen atoms in total. The fraction of sp³-hybridized carbons (Fsp3) is 0.167. The van der Waals surface area contributed by atoms with Gasteiger partial charge in [0.15, 0.2) is 11.0 Å². The van der Waals surface area contributed by atoms with E-state index in [4.69, 9.17) is 0 Å². The first-order chi connectivity index (χ1) is 15.6. The molecule has 0 unspecified atom stereocenters. The summed E-state index contributed by atoms with van der Waals surface area (Å²) >= 11 is 1.30. The molecule has 8 heteroatoms. The Balaban J connectivity index is 1.29. The summed E-state index contributed by atoms with van der Waals surface area (Å²) in [5.41, 5.74) is 1.74. The van der Waals surface area contributed by atoms with Gasteiger partial charge in [-0.2, -0.15) is 0 Å². The smallest absolute Gasteiger partial charge is 0.234 e. The molecule has 162 valence electrons. The summed E-state index contributed by atoms with van der Waals surface area (Å²) in [5.74, 6) is 0.633. The third kappa shape index (κ3) is 5.33. The second-order valence-electron chi connectivity index (χ2n) is 7.26. The highest BCUT2D eigenvalue weighted by Crippen LogP contribution is 2.23. The molecule has 2 amide bonds. The number of amides is 2. The molecule has 0 aliphatic carbocycles. The maximum Gasteiger partial charge on any atom is 0.234 e. The number of carbonyl (C=O) groups is 2. The maximum atomic E-state index is 12.5. The van der Waals surface area contributed by atoms with E-state index >= 15 is 0 Å². The van der Waals surface area contributed by atoms with Crippen LogP contribution in [0.25, 0.3) is 10.8 Å². The van der Waals surface area contributed by atoms with Crippen molar-refractivity contribution in [2.45, 2.75) is 18.1 Å². The van der Waals surface area contributed by atoms with E-state index in [2.05, 4.69) is 20.8 Å². The van der Waals surface area contributed by atoms with Gasteiger partial charge < -0.3 is 15.2 Å². The molecule has 0 radical (unpaired) electrons. The van der Waals surface area contributed by atoms with Crippen LogP contribution in [0.1, 0.15) is 11.4 Å². The summed E-state index contributed by atoms with van der Waals surface area (Å²) < 4.78 is 1.79. The molecule has 0 fully saturated rings. The third-order valence-electron chi connectivity index (χ3n) is 4.97. The van der Waals surface area contributed by atoms with Gasteiger partial charge >= 0.3 is 0 Å². The number of nitrogens with one attached hydrogen (secondary N) is 2. The van der Waals surface area contributed by atoms with Crippen LogP contribution in [0.4, 0.5) is 5.69 Å². The Morgan fingerprint density at radius 2 is 1.66 bits per heavy atom. The molecule has 0 spiro atoms. The van der Waals surface area contributed by atoms with Gasteiger partial charge in [-0.15, -0.1) is 10.2 Å². The molecular formula is C24H23N5O2S.